The van der Waals surface area contributed by atoms with Crippen LogP contribution in [0.4, 0.5) is 0 Å². The maximum atomic E-state index is 13.8. The molecule has 4 aromatic rings. The third kappa shape index (κ3) is 3.60. The number of hydrogen-bond acceptors (Lipinski definition) is 1. The molecule has 0 aliphatic carbocycles. The molecule has 0 spiro atoms. The summed E-state index contributed by atoms with van der Waals surface area (Å²) < 4.78 is 2.34. The predicted octanol–water partition coefficient (Wildman–Crippen LogP) is 7.22. The molecule has 0 radical (unpaired) electrons. The number of rotatable bonds is 7. The van der Waals surface area contributed by atoms with E-state index in [1.165, 1.54) is 30.3 Å². The highest BCUT2D eigenvalue weighted by molar-refractivity contribution is 6.22. The first-order chi connectivity index (χ1) is 14.1. The van der Waals surface area contributed by atoms with Gasteiger partial charge in [0, 0.05) is 28.7 Å². The molecule has 0 aliphatic heterocycles. The van der Waals surface area contributed by atoms with Gasteiger partial charge in [-0.1, -0.05) is 86.3 Å². The molecule has 0 saturated heterocycles. The molecule has 4 rings (SSSR count). The Labute approximate surface area is 173 Å². The van der Waals surface area contributed by atoms with Crippen LogP contribution in [0, 0.1) is 13.8 Å². The Bertz CT molecular complexity index is 1180. The van der Waals surface area contributed by atoms with Gasteiger partial charge in [-0.25, -0.2) is 0 Å². The van der Waals surface area contributed by atoms with E-state index in [0.29, 0.717) is 0 Å². The molecule has 3 aromatic carbocycles. The summed E-state index contributed by atoms with van der Waals surface area (Å²) in [6.07, 6.45) is 4.87. The van der Waals surface area contributed by atoms with E-state index in [9.17, 15) is 4.79 Å². The third-order valence-corrected chi connectivity index (χ3v) is 5.98. The normalized spacial score (nSPS) is 11.4. The van der Waals surface area contributed by atoms with Crippen LogP contribution in [-0.2, 0) is 6.54 Å². The van der Waals surface area contributed by atoms with E-state index in [0.717, 1.165) is 45.9 Å². The lowest BCUT2D eigenvalue weighted by molar-refractivity contribution is 0.104. The second kappa shape index (κ2) is 8.24. The average molecular weight is 384 g/mol. The molecule has 1 heterocycles. The van der Waals surface area contributed by atoms with Crippen molar-refractivity contribution in [2.75, 3.05) is 0 Å². The fraction of sp³-hybridized carbons (Fsp3) is 0.296. The Morgan fingerprint density at radius 3 is 2.52 bits per heavy atom. The van der Waals surface area contributed by atoms with E-state index in [1.54, 1.807) is 0 Å². The maximum Gasteiger partial charge on any atom is 0.196 e. The van der Waals surface area contributed by atoms with Crippen molar-refractivity contribution in [1.82, 2.24) is 4.57 Å². The second-order valence-corrected chi connectivity index (χ2v) is 8.05. The summed E-state index contributed by atoms with van der Waals surface area (Å²) in [5.74, 6) is 0.127. The number of aromatic nitrogens is 1. The van der Waals surface area contributed by atoms with Gasteiger partial charge < -0.3 is 4.57 Å². The van der Waals surface area contributed by atoms with Crippen molar-refractivity contribution >= 4 is 27.5 Å². The zero-order valence-corrected chi connectivity index (χ0v) is 17.7. The van der Waals surface area contributed by atoms with Crippen LogP contribution in [0.3, 0.4) is 0 Å². The second-order valence-electron chi connectivity index (χ2n) is 8.05. The maximum absolute atomic E-state index is 13.8. The minimum absolute atomic E-state index is 0.127. The SMILES string of the molecule is CCCCCCn1c(C)c(C(=O)c2cccc3ccc(C)cc23)c2ccccc21. The molecule has 0 bridgehead atoms. The standard InChI is InChI=1S/C27H29NO/c1-4-5-6-9-17-28-20(3)26(23-12-7-8-14-25(23)28)27(29)22-13-10-11-21-16-15-19(2)18-24(21)22/h7-8,10-16,18H,4-6,9,17H2,1-3H3. The van der Waals surface area contributed by atoms with Gasteiger partial charge in [0.2, 0.25) is 0 Å². The Kier molecular flexibility index (Phi) is 5.53. The summed E-state index contributed by atoms with van der Waals surface area (Å²) in [7, 11) is 0. The molecule has 2 nitrogen and oxygen atoms in total. The van der Waals surface area contributed by atoms with Crippen molar-refractivity contribution < 1.29 is 4.79 Å². The number of carbonyl (C=O) groups is 1. The van der Waals surface area contributed by atoms with Crippen molar-refractivity contribution in [3.63, 3.8) is 0 Å². The van der Waals surface area contributed by atoms with Crippen molar-refractivity contribution in [3.8, 4) is 0 Å². The van der Waals surface area contributed by atoms with Crippen LogP contribution in [-0.4, -0.2) is 10.4 Å². The molecule has 29 heavy (non-hydrogen) atoms. The molecule has 2 heteroatoms. The van der Waals surface area contributed by atoms with Gasteiger partial charge in [0.25, 0.3) is 0 Å². The number of benzene rings is 3. The Morgan fingerprint density at radius 2 is 1.69 bits per heavy atom. The highest BCUT2D eigenvalue weighted by Crippen LogP contribution is 2.31. The molecule has 0 atom stereocenters. The zero-order chi connectivity index (χ0) is 20.4. The summed E-state index contributed by atoms with van der Waals surface area (Å²) in [5.41, 5.74) is 5.07. The lowest BCUT2D eigenvalue weighted by atomic mass is 9.95. The minimum atomic E-state index is 0.127. The monoisotopic (exact) mass is 383 g/mol. The quantitative estimate of drug-likeness (QED) is 0.244. The molecule has 0 aliphatic rings. The molecular weight excluding hydrogens is 354 g/mol. The number of para-hydroxylation sites is 1. The molecule has 0 unspecified atom stereocenters. The highest BCUT2D eigenvalue weighted by Gasteiger charge is 2.22. The van der Waals surface area contributed by atoms with Gasteiger partial charge in [-0.05, 0) is 37.1 Å². The largest absolute Gasteiger partial charge is 0.344 e. The van der Waals surface area contributed by atoms with Crippen molar-refractivity contribution in [2.24, 2.45) is 0 Å². The van der Waals surface area contributed by atoms with Crippen molar-refractivity contribution in [3.05, 3.63) is 83.0 Å². The highest BCUT2D eigenvalue weighted by atomic mass is 16.1. The fourth-order valence-electron chi connectivity index (χ4n) is 4.42. The number of aryl methyl sites for hydroxylation is 2. The Morgan fingerprint density at radius 1 is 0.862 bits per heavy atom. The molecular formula is C27H29NO. The van der Waals surface area contributed by atoms with Crippen LogP contribution in [0.15, 0.2) is 60.7 Å². The van der Waals surface area contributed by atoms with Gasteiger partial charge in [-0.3, -0.25) is 4.79 Å². The van der Waals surface area contributed by atoms with Crippen molar-refractivity contribution in [1.29, 1.82) is 0 Å². The number of carbonyl (C=O) groups excluding carboxylic acids is 1. The van der Waals surface area contributed by atoms with Gasteiger partial charge in [-0.2, -0.15) is 0 Å². The van der Waals surface area contributed by atoms with E-state index in [1.807, 2.05) is 18.2 Å². The van der Waals surface area contributed by atoms with Crippen molar-refractivity contribution in [2.45, 2.75) is 53.0 Å². The van der Waals surface area contributed by atoms with Gasteiger partial charge in [0.15, 0.2) is 5.78 Å². The Hall–Kier alpha value is -2.87. The molecule has 148 valence electrons. The van der Waals surface area contributed by atoms with E-state index in [2.05, 4.69) is 67.8 Å². The van der Waals surface area contributed by atoms with E-state index >= 15 is 0 Å². The number of ketones is 1. The van der Waals surface area contributed by atoms with E-state index in [4.69, 9.17) is 0 Å². The lowest BCUT2D eigenvalue weighted by Gasteiger charge is -2.10. The summed E-state index contributed by atoms with van der Waals surface area (Å²) in [6, 6.07) is 20.7. The first kappa shape index (κ1) is 19.4. The van der Waals surface area contributed by atoms with Crippen LogP contribution < -0.4 is 0 Å². The number of unbranched alkanes of at least 4 members (excludes halogenated alkanes) is 3. The van der Waals surface area contributed by atoms with Gasteiger partial charge >= 0.3 is 0 Å². The van der Waals surface area contributed by atoms with Crippen LogP contribution >= 0.6 is 0 Å². The molecule has 1 aromatic heterocycles. The predicted molar refractivity (Wildman–Crippen MR) is 123 cm³/mol. The minimum Gasteiger partial charge on any atom is -0.344 e. The van der Waals surface area contributed by atoms with Crippen LogP contribution in [0.1, 0.15) is 59.8 Å². The summed E-state index contributed by atoms with van der Waals surface area (Å²) in [5, 5.41) is 3.22. The fourth-order valence-corrected chi connectivity index (χ4v) is 4.42. The first-order valence-corrected chi connectivity index (χ1v) is 10.7. The number of nitrogens with zero attached hydrogens (tertiary/aromatic N) is 1. The van der Waals surface area contributed by atoms with Crippen LogP contribution in [0.25, 0.3) is 21.7 Å². The first-order valence-electron chi connectivity index (χ1n) is 10.7. The topological polar surface area (TPSA) is 22.0 Å². The molecule has 0 fully saturated rings. The molecule has 0 saturated carbocycles. The summed E-state index contributed by atoms with van der Waals surface area (Å²) >= 11 is 0. The number of fused-ring (bicyclic) bond motifs is 2. The van der Waals surface area contributed by atoms with Crippen LogP contribution in [0.2, 0.25) is 0 Å². The summed E-state index contributed by atoms with van der Waals surface area (Å²) in [6.45, 7) is 7.38. The zero-order valence-electron chi connectivity index (χ0n) is 17.7. The van der Waals surface area contributed by atoms with Gasteiger partial charge in [0.1, 0.15) is 0 Å². The number of hydrogen-bond donors (Lipinski definition) is 0. The molecule has 0 N–H and O–H groups in total. The van der Waals surface area contributed by atoms with Gasteiger partial charge in [0.05, 0.1) is 5.56 Å². The Balaban J connectivity index is 1.83. The van der Waals surface area contributed by atoms with Crippen LogP contribution in [0.5, 0.6) is 0 Å². The third-order valence-electron chi connectivity index (χ3n) is 5.98. The molecule has 0 amide bonds. The smallest absolute Gasteiger partial charge is 0.196 e. The lowest BCUT2D eigenvalue weighted by Crippen LogP contribution is -2.06. The van der Waals surface area contributed by atoms with E-state index < -0.39 is 0 Å². The van der Waals surface area contributed by atoms with Gasteiger partial charge in [-0.15, -0.1) is 0 Å². The summed E-state index contributed by atoms with van der Waals surface area (Å²) in [4.78, 5) is 13.8. The average Bonchev–Trinajstić information content (AvgIpc) is 3.01. The van der Waals surface area contributed by atoms with E-state index in [-0.39, 0.29) is 5.78 Å².